The monoisotopic (exact) mass is 366 g/mol. The van der Waals surface area contributed by atoms with Crippen LogP contribution in [-0.4, -0.2) is 19.7 Å². The Labute approximate surface area is 154 Å². The number of hydrogen-bond acceptors (Lipinski definition) is 3. The molecular formula is C21H28F2O3. The molecule has 0 spiro atoms. The van der Waals surface area contributed by atoms with Gasteiger partial charge in [-0.3, -0.25) is 4.79 Å². The summed E-state index contributed by atoms with van der Waals surface area (Å²) in [6, 6.07) is 3.01. The molecule has 1 aromatic rings. The number of carbonyl (C=O) groups is 1. The van der Waals surface area contributed by atoms with Crippen LogP contribution in [0.5, 0.6) is 5.75 Å². The number of esters is 1. The molecule has 3 rings (SSSR count). The lowest BCUT2D eigenvalue weighted by atomic mass is 9.69. The molecule has 2 fully saturated rings. The van der Waals surface area contributed by atoms with Gasteiger partial charge in [0.2, 0.25) is 0 Å². The predicted molar refractivity (Wildman–Crippen MR) is 94.8 cm³/mol. The SMILES string of the molecule is COC[C@H]1CC[C@H]([C@H]2CC[C@H](C(=O)Oc3ccc(F)cc3F)CC2)CC1. The highest BCUT2D eigenvalue weighted by Gasteiger charge is 2.33. The quantitative estimate of drug-likeness (QED) is 0.535. The molecule has 2 saturated carbocycles. The molecule has 26 heavy (non-hydrogen) atoms. The number of benzene rings is 1. The average molecular weight is 366 g/mol. The lowest BCUT2D eigenvalue weighted by Crippen LogP contribution is -2.30. The van der Waals surface area contributed by atoms with Crippen LogP contribution in [0.1, 0.15) is 51.4 Å². The van der Waals surface area contributed by atoms with E-state index in [1.54, 1.807) is 7.11 Å². The highest BCUT2D eigenvalue weighted by molar-refractivity contribution is 5.75. The van der Waals surface area contributed by atoms with E-state index in [-0.39, 0.29) is 11.7 Å². The number of halogens is 2. The van der Waals surface area contributed by atoms with E-state index in [0.717, 1.165) is 50.3 Å². The molecule has 0 aromatic heterocycles. The molecule has 0 unspecified atom stereocenters. The molecule has 3 nitrogen and oxygen atoms in total. The van der Waals surface area contributed by atoms with Gasteiger partial charge in [0.1, 0.15) is 5.82 Å². The van der Waals surface area contributed by atoms with Crippen LogP contribution < -0.4 is 4.74 Å². The van der Waals surface area contributed by atoms with Crippen LogP contribution in [-0.2, 0) is 9.53 Å². The van der Waals surface area contributed by atoms with E-state index in [9.17, 15) is 13.6 Å². The van der Waals surface area contributed by atoms with E-state index in [2.05, 4.69) is 0 Å². The Morgan fingerprint density at radius 1 is 1.00 bits per heavy atom. The Kier molecular flexibility index (Phi) is 6.63. The van der Waals surface area contributed by atoms with Crippen LogP contribution in [0.4, 0.5) is 8.78 Å². The zero-order valence-electron chi connectivity index (χ0n) is 15.4. The van der Waals surface area contributed by atoms with E-state index in [0.29, 0.717) is 11.8 Å². The van der Waals surface area contributed by atoms with Gasteiger partial charge in [0, 0.05) is 19.8 Å². The van der Waals surface area contributed by atoms with Crippen LogP contribution in [0.15, 0.2) is 18.2 Å². The fourth-order valence-electron chi connectivity index (χ4n) is 4.64. The van der Waals surface area contributed by atoms with Gasteiger partial charge in [-0.1, -0.05) is 0 Å². The lowest BCUT2D eigenvalue weighted by Gasteiger charge is -2.37. The van der Waals surface area contributed by atoms with Crippen molar-refractivity contribution in [1.29, 1.82) is 0 Å². The summed E-state index contributed by atoms with van der Waals surface area (Å²) < 4.78 is 37.0. The maximum absolute atomic E-state index is 13.6. The maximum atomic E-state index is 13.6. The largest absolute Gasteiger partial charge is 0.423 e. The predicted octanol–water partition coefficient (Wildman–Crippen LogP) is 5.13. The van der Waals surface area contributed by atoms with Crippen LogP contribution in [0, 0.1) is 35.3 Å². The molecule has 0 bridgehead atoms. The minimum Gasteiger partial charge on any atom is -0.423 e. The van der Waals surface area contributed by atoms with Crippen molar-refractivity contribution in [3.63, 3.8) is 0 Å². The molecule has 0 heterocycles. The first-order valence-electron chi connectivity index (χ1n) is 9.72. The number of rotatable bonds is 5. The Morgan fingerprint density at radius 2 is 1.62 bits per heavy atom. The first-order valence-corrected chi connectivity index (χ1v) is 9.72. The summed E-state index contributed by atoms with van der Waals surface area (Å²) in [5.41, 5.74) is 0. The normalized spacial score (nSPS) is 29.3. The molecule has 0 amide bonds. The van der Waals surface area contributed by atoms with Crippen molar-refractivity contribution in [2.24, 2.45) is 23.7 Å². The van der Waals surface area contributed by atoms with Gasteiger partial charge >= 0.3 is 5.97 Å². The molecule has 0 atom stereocenters. The number of hydrogen-bond donors (Lipinski definition) is 0. The molecule has 0 radical (unpaired) electrons. The van der Waals surface area contributed by atoms with Crippen molar-refractivity contribution in [3.8, 4) is 5.75 Å². The molecule has 0 aliphatic heterocycles. The van der Waals surface area contributed by atoms with Gasteiger partial charge < -0.3 is 9.47 Å². The Hall–Kier alpha value is -1.49. The minimum absolute atomic E-state index is 0.180. The summed E-state index contributed by atoms with van der Waals surface area (Å²) in [7, 11) is 1.77. The highest BCUT2D eigenvalue weighted by atomic mass is 19.1. The zero-order chi connectivity index (χ0) is 18.5. The summed E-state index contributed by atoms with van der Waals surface area (Å²) in [5, 5.41) is 0. The van der Waals surface area contributed by atoms with E-state index < -0.39 is 17.6 Å². The molecule has 5 heteroatoms. The Bertz CT molecular complexity index is 603. The second-order valence-corrected chi connectivity index (χ2v) is 7.84. The fraction of sp³-hybridized carbons (Fsp3) is 0.667. The molecule has 0 saturated heterocycles. The summed E-state index contributed by atoms with van der Waals surface area (Å²) in [6.45, 7) is 0.866. The Morgan fingerprint density at radius 3 is 2.19 bits per heavy atom. The second-order valence-electron chi connectivity index (χ2n) is 7.84. The van der Waals surface area contributed by atoms with Gasteiger partial charge in [-0.15, -0.1) is 0 Å². The van der Waals surface area contributed by atoms with Gasteiger partial charge in [0.15, 0.2) is 11.6 Å². The molecule has 2 aliphatic carbocycles. The molecule has 0 N–H and O–H groups in total. The van der Waals surface area contributed by atoms with E-state index in [4.69, 9.17) is 9.47 Å². The lowest BCUT2D eigenvalue weighted by molar-refractivity contribution is -0.140. The summed E-state index contributed by atoms with van der Waals surface area (Å²) in [6.07, 6.45) is 8.66. The van der Waals surface area contributed by atoms with Crippen LogP contribution >= 0.6 is 0 Å². The highest BCUT2D eigenvalue weighted by Crippen LogP contribution is 2.41. The van der Waals surface area contributed by atoms with E-state index in [1.165, 1.54) is 31.7 Å². The molecular weight excluding hydrogens is 338 g/mol. The van der Waals surface area contributed by atoms with Crippen molar-refractivity contribution >= 4 is 5.97 Å². The van der Waals surface area contributed by atoms with Crippen molar-refractivity contribution in [1.82, 2.24) is 0 Å². The first-order chi connectivity index (χ1) is 12.6. The summed E-state index contributed by atoms with van der Waals surface area (Å²) in [5.74, 6) is -0.121. The number of carbonyl (C=O) groups excluding carboxylic acids is 1. The molecule has 1 aromatic carbocycles. The second kappa shape index (κ2) is 8.94. The van der Waals surface area contributed by atoms with Gasteiger partial charge in [0.25, 0.3) is 0 Å². The summed E-state index contributed by atoms with van der Waals surface area (Å²) in [4.78, 5) is 12.3. The van der Waals surface area contributed by atoms with Gasteiger partial charge in [-0.05, 0) is 81.3 Å². The maximum Gasteiger partial charge on any atom is 0.314 e. The molecule has 2 aliphatic rings. The van der Waals surface area contributed by atoms with E-state index in [1.807, 2.05) is 0 Å². The van der Waals surface area contributed by atoms with Crippen LogP contribution in [0.3, 0.4) is 0 Å². The average Bonchev–Trinajstić information content (AvgIpc) is 2.65. The minimum atomic E-state index is -0.833. The smallest absolute Gasteiger partial charge is 0.314 e. The first kappa shape index (κ1) is 19.3. The third kappa shape index (κ3) is 4.81. The van der Waals surface area contributed by atoms with Gasteiger partial charge in [0.05, 0.1) is 5.92 Å². The topological polar surface area (TPSA) is 35.5 Å². The Balaban J connectivity index is 1.45. The van der Waals surface area contributed by atoms with Crippen molar-refractivity contribution in [3.05, 3.63) is 29.8 Å². The summed E-state index contributed by atoms with van der Waals surface area (Å²) >= 11 is 0. The zero-order valence-corrected chi connectivity index (χ0v) is 15.4. The van der Waals surface area contributed by atoms with Crippen molar-refractivity contribution in [2.45, 2.75) is 51.4 Å². The standard InChI is InChI=1S/C21H28F2O3/c1-25-13-14-2-4-15(5-3-14)16-6-8-17(9-7-16)21(24)26-20-11-10-18(22)12-19(20)23/h10-12,14-17H,2-9,13H2,1H3/t14-,15-,16-,17-. The van der Waals surface area contributed by atoms with Crippen LogP contribution in [0.2, 0.25) is 0 Å². The van der Waals surface area contributed by atoms with Crippen LogP contribution in [0.25, 0.3) is 0 Å². The fourth-order valence-corrected chi connectivity index (χ4v) is 4.64. The third-order valence-corrected chi connectivity index (χ3v) is 6.17. The van der Waals surface area contributed by atoms with E-state index >= 15 is 0 Å². The van der Waals surface area contributed by atoms with Gasteiger partial charge in [-0.25, -0.2) is 8.78 Å². The molecule has 144 valence electrons. The van der Waals surface area contributed by atoms with Crippen molar-refractivity contribution in [2.75, 3.05) is 13.7 Å². The number of ether oxygens (including phenoxy) is 2. The van der Waals surface area contributed by atoms with Gasteiger partial charge in [-0.2, -0.15) is 0 Å². The number of methoxy groups -OCH3 is 1. The van der Waals surface area contributed by atoms with Crippen molar-refractivity contribution < 1.29 is 23.0 Å². The third-order valence-electron chi connectivity index (χ3n) is 6.17.